The summed E-state index contributed by atoms with van der Waals surface area (Å²) in [4.78, 5) is 33.0. The van der Waals surface area contributed by atoms with Gasteiger partial charge in [-0.15, -0.1) is 0 Å². The Morgan fingerprint density at radius 2 is 1.63 bits per heavy atom. The second-order valence-electron chi connectivity index (χ2n) is 5.95. The van der Waals surface area contributed by atoms with Crippen molar-refractivity contribution in [1.82, 2.24) is 9.97 Å². The van der Waals surface area contributed by atoms with Gasteiger partial charge in [0.1, 0.15) is 5.75 Å². The Morgan fingerprint density at radius 3 is 2.30 bits per heavy atom. The molecule has 27 heavy (non-hydrogen) atoms. The summed E-state index contributed by atoms with van der Waals surface area (Å²) in [5.41, 5.74) is 3.85. The van der Waals surface area contributed by atoms with Gasteiger partial charge in [-0.1, -0.05) is 0 Å². The Kier molecular flexibility index (Phi) is 5.30. The molecule has 0 aliphatic heterocycles. The van der Waals surface area contributed by atoms with Crippen molar-refractivity contribution < 1.29 is 19.1 Å². The highest BCUT2D eigenvalue weighted by molar-refractivity contribution is 5.97. The van der Waals surface area contributed by atoms with E-state index in [1.54, 1.807) is 49.6 Å². The number of ether oxygens (including phenoxy) is 2. The second kappa shape index (κ2) is 7.82. The number of methoxy groups -OCH3 is 1. The molecule has 1 aromatic heterocycles. The molecule has 2 aromatic carbocycles. The molecule has 1 heterocycles. The number of benzene rings is 2. The maximum Gasteiger partial charge on any atom is 0.338 e. The number of hydrogen-bond acceptors (Lipinski definition) is 6. The van der Waals surface area contributed by atoms with E-state index in [9.17, 15) is 9.59 Å². The van der Waals surface area contributed by atoms with E-state index in [-0.39, 0.29) is 6.61 Å². The van der Waals surface area contributed by atoms with Gasteiger partial charge in [-0.05, 0) is 56.3 Å². The SMILES string of the molecule is COc1ccc(NC(=O)COC(=O)c2ccc3nc(C)c(C)nc3c2)cc1. The van der Waals surface area contributed by atoms with Crippen LogP contribution in [0.5, 0.6) is 5.75 Å². The maximum atomic E-state index is 12.2. The van der Waals surface area contributed by atoms with Gasteiger partial charge in [0.2, 0.25) is 0 Å². The first-order chi connectivity index (χ1) is 13.0. The minimum Gasteiger partial charge on any atom is -0.497 e. The minimum atomic E-state index is -0.596. The van der Waals surface area contributed by atoms with Crippen molar-refractivity contribution in [3.8, 4) is 5.75 Å². The highest BCUT2D eigenvalue weighted by Crippen LogP contribution is 2.16. The number of rotatable bonds is 5. The minimum absolute atomic E-state index is 0.317. The third-order valence-electron chi connectivity index (χ3n) is 4.02. The van der Waals surface area contributed by atoms with Crippen LogP contribution in [0.3, 0.4) is 0 Å². The average molecular weight is 365 g/mol. The van der Waals surface area contributed by atoms with Crippen LogP contribution in [0.4, 0.5) is 5.69 Å². The summed E-state index contributed by atoms with van der Waals surface area (Å²) in [6.45, 7) is 3.35. The molecule has 3 aromatic rings. The number of nitrogens with one attached hydrogen (secondary N) is 1. The molecule has 0 atom stereocenters. The van der Waals surface area contributed by atoms with E-state index >= 15 is 0 Å². The molecule has 0 saturated heterocycles. The molecule has 0 unspecified atom stereocenters. The van der Waals surface area contributed by atoms with E-state index < -0.39 is 11.9 Å². The van der Waals surface area contributed by atoms with Gasteiger partial charge in [-0.25, -0.2) is 14.8 Å². The van der Waals surface area contributed by atoms with Gasteiger partial charge in [0.15, 0.2) is 6.61 Å². The van der Waals surface area contributed by atoms with Crippen LogP contribution in [0.25, 0.3) is 11.0 Å². The quantitative estimate of drug-likeness (QED) is 0.699. The van der Waals surface area contributed by atoms with Crippen molar-refractivity contribution in [3.63, 3.8) is 0 Å². The monoisotopic (exact) mass is 365 g/mol. The van der Waals surface area contributed by atoms with Gasteiger partial charge in [0, 0.05) is 5.69 Å². The number of aryl methyl sites for hydroxylation is 2. The van der Waals surface area contributed by atoms with Gasteiger partial charge in [0.05, 0.1) is 35.1 Å². The van der Waals surface area contributed by atoms with E-state index in [1.807, 2.05) is 13.8 Å². The largest absolute Gasteiger partial charge is 0.497 e. The molecule has 0 radical (unpaired) electrons. The first-order valence-corrected chi connectivity index (χ1v) is 8.32. The summed E-state index contributed by atoms with van der Waals surface area (Å²) in [7, 11) is 1.56. The normalized spacial score (nSPS) is 10.5. The van der Waals surface area contributed by atoms with Crippen LogP contribution in [0.2, 0.25) is 0 Å². The van der Waals surface area contributed by atoms with Crippen LogP contribution in [0, 0.1) is 13.8 Å². The molecule has 0 spiro atoms. The van der Waals surface area contributed by atoms with Gasteiger partial charge >= 0.3 is 5.97 Å². The summed E-state index contributed by atoms with van der Waals surface area (Å²) < 4.78 is 10.1. The number of esters is 1. The fourth-order valence-electron chi connectivity index (χ4n) is 2.44. The fourth-order valence-corrected chi connectivity index (χ4v) is 2.44. The summed E-state index contributed by atoms with van der Waals surface area (Å²) in [6.07, 6.45) is 0. The third-order valence-corrected chi connectivity index (χ3v) is 4.02. The van der Waals surface area contributed by atoms with Crippen molar-refractivity contribution in [2.24, 2.45) is 0 Å². The number of fused-ring (bicyclic) bond motifs is 1. The number of carbonyl (C=O) groups excluding carboxylic acids is 2. The summed E-state index contributed by atoms with van der Waals surface area (Å²) >= 11 is 0. The molecule has 0 bridgehead atoms. The van der Waals surface area contributed by atoms with Crippen molar-refractivity contribution >= 4 is 28.6 Å². The van der Waals surface area contributed by atoms with E-state index in [0.29, 0.717) is 28.0 Å². The Hall–Kier alpha value is -3.48. The van der Waals surface area contributed by atoms with Crippen molar-refractivity contribution in [2.45, 2.75) is 13.8 Å². The lowest BCUT2D eigenvalue weighted by Crippen LogP contribution is -2.20. The standard InChI is InChI=1S/C20H19N3O4/c1-12-13(2)22-18-10-14(4-9-17(18)21-12)20(25)27-11-19(24)23-15-5-7-16(26-3)8-6-15/h4-10H,11H2,1-3H3,(H,23,24). The lowest BCUT2D eigenvalue weighted by atomic mass is 10.2. The molecule has 0 saturated carbocycles. The molecule has 0 fully saturated rings. The lowest BCUT2D eigenvalue weighted by molar-refractivity contribution is -0.119. The van der Waals surface area contributed by atoms with Crippen LogP contribution in [0.15, 0.2) is 42.5 Å². The summed E-state index contributed by atoms with van der Waals surface area (Å²) in [5.74, 6) is -0.341. The predicted molar refractivity (Wildman–Crippen MR) is 101 cm³/mol. The topological polar surface area (TPSA) is 90.4 Å². The number of amides is 1. The van der Waals surface area contributed by atoms with Crippen LogP contribution in [-0.2, 0) is 9.53 Å². The molecule has 0 aliphatic rings. The van der Waals surface area contributed by atoms with E-state index in [1.165, 1.54) is 0 Å². The average Bonchev–Trinajstić information content (AvgIpc) is 2.67. The zero-order valence-corrected chi connectivity index (χ0v) is 15.3. The molecule has 7 nitrogen and oxygen atoms in total. The number of hydrogen-bond donors (Lipinski definition) is 1. The zero-order valence-electron chi connectivity index (χ0n) is 15.3. The fraction of sp³-hybridized carbons (Fsp3) is 0.200. The predicted octanol–water partition coefficient (Wildman–Crippen LogP) is 3.05. The first-order valence-electron chi connectivity index (χ1n) is 8.32. The van der Waals surface area contributed by atoms with Crippen LogP contribution in [0.1, 0.15) is 21.7 Å². The Balaban J connectivity index is 1.62. The van der Waals surface area contributed by atoms with Gasteiger partial charge in [-0.2, -0.15) is 0 Å². The summed E-state index contributed by atoms with van der Waals surface area (Å²) in [6, 6.07) is 11.8. The molecular weight excluding hydrogens is 346 g/mol. The number of nitrogens with zero attached hydrogens (tertiary/aromatic N) is 2. The molecule has 3 rings (SSSR count). The molecule has 1 N–H and O–H groups in total. The van der Waals surface area contributed by atoms with Crippen LogP contribution < -0.4 is 10.1 Å². The lowest BCUT2D eigenvalue weighted by Gasteiger charge is -2.08. The molecule has 1 amide bonds. The van der Waals surface area contributed by atoms with E-state index in [2.05, 4.69) is 15.3 Å². The number of anilines is 1. The summed E-state index contributed by atoms with van der Waals surface area (Å²) in [5, 5.41) is 2.65. The van der Waals surface area contributed by atoms with Gasteiger partial charge < -0.3 is 14.8 Å². The zero-order chi connectivity index (χ0) is 19.4. The smallest absolute Gasteiger partial charge is 0.338 e. The van der Waals surface area contributed by atoms with Crippen LogP contribution in [-0.4, -0.2) is 35.6 Å². The Labute approximate surface area is 156 Å². The Bertz CT molecular complexity index is 1000. The number of carbonyl (C=O) groups is 2. The van der Waals surface area contributed by atoms with Crippen molar-refractivity contribution in [2.75, 3.05) is 19.0 Å². The molecular formula is C20H19N3O4. The number of aromatic nitrogens is 2. The van der Waals surface area contributed by atoms with E-state index in [4.69, 9.17) is 9.47 Å². The van der Waals surface area contributed by atoms with Crippen LogP contribution >= 0.6 is 0 Å². The third kappa shape index (κ3) is 4.38. The molecule has 7 heteroatoms. The molecule has 0 aliphatic carbocycles. The van der Waals surface area contributed by atoms with Crippen molar-refractivity contribution in [1.29, 1.82) is 0 Å². The highest BCUT2D eigenvalue weighted by Gasteiger charge is 2.12. The van der Waals surface area contributed by atoms with E-state index in [0.717, 1.165) is 11.4 Å². The maximum absolute atomic E-state index is 12.2. The second-order valence-corrected chi connectivity index (χ2v) is 5.95. The van der Waals surface area contributed by atoms with Crippen molar-refractivity contribution in [3.05, 3.63) is 59.4 Å². The van der Waals surface area contributed by atoms with Gasteiger partial charge in [-0.3, -0.25) is 4.79 Å². The molecule has 138 valence electrons. The highest BCUT2D eigenvalue weighted by atomic mass is 16.5. The van der Waals surface area contributed by atoms with Gasteiger partial charge in [0.25, 0.3) is 5.91 Å². The first kappa shape index (κ1) is 18.3. The Morgan fingerprint density at radius 1 is 0.963 bits per heavy atom.